The van der Waals surface area contributed by atoms with Crippen LogP contribution in [0.15, 0.2) is 12.4 Å². The number of H-pyrrole nitrogens is 1. The van der Waals surface area contributed by atoms with Crippen LogP contribution < -0.4 is 5.32 Å². The highest BCUT2D eigenvalue weighted by Gasteiger charge is 2.04. The second kappa shape index (κ2) is 2.78. The number of anilines is 1. The average Bonchev–Trinajstić information content (AvgIpc) is 2.33. The Hall–Kier alpha value is -0.920. The van der Waals surface area contributed by atoms with Crippen molar-refractivity contribution in [3.05, 3.63) is 18.0 Å². The highest BCUT2D eigenvalue weighted by atomic mass is 14.9. The zero-order chi connectivity index (χ0) is 7.56. The number of aromatic amines is 1. The van der Waals surface area contributed by atoms with Crippen LogP contribution in [0.5, 0.6) is 0 Å². The van der Waals surface area contributed by atoms with Crippen LogP contribution >= 0.6 is 0 Å². The van der Waals surface area contributed by atoms with Gasteiger partial charge in [0.2, 0.25) is 0 Å². The first-order chi connectivity index (χ1) is 4.75. The van der Waals surface area contributed by atoms with Gasteiger partial charge in [-0.05, 0) is 11.5 Å². The molecule has 2 N–H and O–H groups in total. The molecule has 0 aliphatic carbocycles. The molecule has 1 aromatic rings. The molecule has 0 atom stereocenters. The first-order valence-electron chi connectivity index (χ1n) is 3.60. The van der Waals surface area contributed by atoms with E-state index in [1.54, 1.807) is 0 Å². The van der Waals surface area contributed by atoms with Crippen LogP contribution in [0.25, 0.3) is 0 Å². The third-order valence-corrected chi connectivity index (χ3v) is 1.67. The van der Waals surface area contributed by atoms with Gasteiger partial charge in [-0.3, -0.25) is 0 Å². The van der Waals surface area contributed by atoms with E-state index in [9.17, 15) is 0 Å². The predicted octanol–water partition coefficient (Wildman–Crippen LogP) is 2.18. The summed E-state index contributed by atoms with van der Waals surface area (Å²) in [6.45, 7) is 4.37. The van der Waals surface area contributed by atoms with Crippen LogP contribution in [0.1, 0.15) is 25.3 Å². The molecule has 0 spiro atoms. The summed E-state index contributed by atoms with van der Waals surface area (Å²) in [6, 6.07) is 0. The summed E-state index contributed by atoms with van der Waals surface area (Å²) in [5.74, 6) is 0.591. The van der Waals surface area contributed by atoms with Gasteiger partial charge in [0.15, 0.2) is 0 Å². The lowest BCUT2D eigenvalue weighted by molar-refractivity contribution is 0.870. The van der Waals surface area contributed by atoms with Gasteiger partial charge in [-0.25, -0.2) is 0 Å². The first kappa shape index (κ1) is 7.19. The molecule has 0 aromatic carbocycles. The Labute approximate surface area is 61.7 Å². The standard InChI is InChI=1S/C8H14N2/c1-6(2)7-4-10-5-8(7)9-3/h4-6,9-10H,1-3H3. The van der Waals surface area contributed by atoms with E-state index < -0.39 is 0 Å². The van der Waals surface area contributed by atoms with Gasteiger partial charge in [0.05, 0.1) is 5.69 Å². The van der Waals surface area contributed by atoms with E-state index >= 15 is 0 Å². The maximum Gasteiger partial charge on any atom is 0.0550 e. The summed E-state index contributed by atoms with van der Waals surface area (Å²) >= 11 is 0. The topological polar surface area (TPSA) is 27.8 Å². The zero-order valence-corrected chi connectivity index (χ0v) is 6.73. The Morgan fingerprint density at radius 1 is 1.40 bits per heavy atom. The van der Waals surface area contributed by atoms with Crippen molar-refractivity contribution in [3.63, 3.8) is 0 Å². The molecule has 1 heterocycles. The van der Waals surface area contributed by atoms with Gasteiger partial charge >= 0.3 is 0 Å². The fourth-order valence-electron chi connectivity index (χ4n) is 1.07. The molecule has 0 saturated heterocycles. The van der Waals surface area contributed by atoms with Crippen molar-refractivity contribution in [1.82, 2.24) is 4.98 Å². The lowest BCUT2D eigenvalue weighted by Gasteiger charge is -2.04. The van der Waals surface area contributed by atoms with E-state index in [4.69, 9.17) is 0 Å². The summed E-state index contributed by atoms with van der Waals surface area (Å²) in [6.07, 6.45) is 4.02. The highest BCUT2D eigenvalue weighted by Crippen LogP contribution is 2.22. The Morgan fingerprint density at radius 2 is 2.10 bits per heavy atom. The van der Waals surface area contributed by atoms with Crippen LogP contribution in [0, 0.1) is 0 Å². The van der Waals surface area contributed by atoms with E-state index in [0.717, 1.165) is 0 Å². The number of nitrogens with one attached hydrogen (secondary N) is 2. The van der Waals surface area contributed by atoms with Gasteiger partial charge in [0.1, 0.15) is 0 Å². The second-order valence-corrected chi connectivity index (χ2v) is 2.73. The third kappa shape index (κ3) is 1.15. The zero-order valence-electron chi connectivity index (χ0n) is 6.73. The number of rotatable bonds is 2. The molecule has 0 amide bonds. The molecule has 0 aliphatic rings. The van der Waals surface area contributed by atoms with E-state index in [-0.39, 0.29) is 0 Å². The second-order valence-electron chi connectivity index (χ2n) is 2.73. The molecule has 0 radical (unpaired) electrons. The molecular weight excluding hydrogens is 124 g/mol. The first-order valence-corrected chi connectivity index (χ1v) is 3.60. The lowest BCUT2D eigenvalue weighted by atomic mass is 10.1. The van der Waals surface area contributed by atoms with Crippen molar-refractivity contribution in [3.8, 4) is 0 Å². The quantitative estimate of drug-likeness (QED) is 0.644. The fraction of sp³-hybridized carbons (Fsp3) is 0.500. The SMILES string of the molecule is CNc1c[nH]cc1C(C)C. The van der Waals surface area contributed by atoms with Crippen molar-refractivity contribution in [2.75, 3.05) is 12.4 Å². The average molecular weight is 138 g/mol. The van der Waals surface area contributed by atoms with E-state index in [1.165, 1.54) is 11.3 Å². The summed E-state index contributed by atoms with van der Waals surface area (Å²) in [7, 11) is 1.94. The minimum absolute atomic E-state index is 0.591. The molecule has 0 fully saturated rings. The van der Waals surface area contributed by atoms with Crippen LogP contribution in [0.4, 0.5) is 5.69 Å². The lowest BCUT2D eigenvalue weighted by Crippen LogP contribution is -1.92. The summed E-state index contributed by atoms with van der Waals surface area (Å²) < 4.78 is 0. The van der Waals surface area contributed by atoms with Gasteiger partial charge in [0.25, 0.3) is 0 Å². The molecule has 2 nitrogen and oxygen atoms in total. The number of hydrogen-bond acceptors (Lipinski definition) is 1. The number of hydrogen-bond donors (Lipinski definition) is 2. The summed E-state index contributed by atoms with van der Waals surface area (Å²) in [5.41, 5.74) is 2.55. The van der Waals surface area contributed by atoms with Gasteiger partial charge in [0, 0.05) is 19.4 Å². The van der Waals surface area contributed by atoms with Gasteiger partial charge in [-0.2, -0.15) is 0 Å². The Bertz CT molecular complexity index is 201. The number of aromatic nitrogens is 1. The van der Waals surface area contributed by atoms with Crippen LogP contribution in [0.3, 0.4) is 0 Å². The summed E-state index contributed by atoms with van der Waals surface area (Å²) in [4.78, 5) is 3.07. The van der Waals surface area contributed by atoms with Crippen molar-refractivity contribution in [2.24, 2.45) is 0 Å². The van der Waals surface area contributed by atoms with Crippen LogP contribution in [0.2, 0.25) is 0 Å². The maximum absolute atomic E-state index is 3.13. The van der Waals surface area contributed by atoms with Crippen molar-refractivity contribution in [2.45, 2.75) is 19.8 Å². The van der Waals surface area contributed by atoms with Crippen molar-refractivity contribution < 1.29 is 0 Å². The van der Waals surface area contributed by atoms with Gasteiger partial charge in [-0.1, -0.05) is 13.8 Å². The molecular formula is C8H14N2. The van der Waals surface area contributed by atoms with Crippen LogP contribution in [-0.4, -0.2) is 12.0 Å². The predicted molar refractivity (Wildman–Crippen MR) is 44.4 cm³/mol. The molecule has 1 aromatic heterocycles. The molecule has 0 aliphatic heterocycles. The van der Waals surface area contributed by atoms with E-state index in [1.807, 2.05) is 19.4 Å². The van der Waals surface area contributed by atoms with Gasteiger partial charge in [-0.15, -0.1) is 0 Å². The molecule has 56 valence electrons. The minimum atomic E-state index is 0.591. The fourth-order valence-corrected chi connectivity index (χ4v) is 1.07. The molecule has 0 bridgehead atoms. The molecule has 1 rings (SSSR count). The van der Waals surface area contributed by atoms with Crippen LogP contribution in [-0.2, 0) is 0 Å². The Morgan fingerprint density at radius 3 is 2.50 bits per heavy atom. The normalized spacial score (nSPS) is 10.4. The van der Waals surface area contributed by atoms with Crippen molar-refractivity contribution in [1.29, 1.82) is 0 Å². The monoisotopic (exact) mass is 138 g/mol. The Balaban J connectivity index is 2.90. The van der Waals surface area contributed by atoms with Gasteiger partial charge < -0.3 is 10.3 Å². The summed E-state index contributed by atoms with van der Waals surface area (Å²) in [5, 5.41) is 3.13. The van der Waals surface area contributed by atoms with Crippen molar-refractivity contribution >= 4 is 5.69 Å². The smallest absolute Gasteiger partial charge is 0.0550 e. The molecule has 10 heavy (non-hydrogen) atoms. The maximum atomic E-state index is 3.13. The molecule has 2 heteroatoms. The minimum Gasteiger partial charge on any atom is -0.387 e. The highest BCUT2D eigenvalue weighted by molar-refractivity contribution is 5.50. The largest absolute Gasteiger partial charge is 0.387 e. The molecule has 0 saturated carbocycles. The molecule has 0 unspecified atom stereocenters. The van der Waals surface area contributed by atoms with E-state index in [0.29, 0.717) is 5.92 Å². The third-order valence-electron chi connectivity index (χ3n) is 1.67. The Kier molecular flexibility index (Phi) is 2.00. The van der Waals surface area contributed by atoms with E-state index in [2.05, 4.69) is 24.1 Å².